The van der Waals surface area contributed by atoms with E-state index in [9.17, 15) is 18.3 Å². The molecule has 4 N–H and O–H groups in total. The van der Waals surface area contributed by atoms with Crippen molar-refractivity contribution in [2.24, 2.45) is 5.90 Å². The molecule has 0 amide bonds. The summed E-state index contributed by atoms with van der Waals surface area (Å²) in [5.41, 5.74) is 0.329. The normalized spacial score (nSPS) is 12.3. The number of rotatable bonds is 8. The number of benzene rings is 1. The second-order valence-electron chi connectivity index (χ2n) is 5.55. The molecule has 0 saturated heterocycles. The highest BCUT2D eigenvalue weighted by Crippen LogP contribution is 2.26. The Labute approximate surface area is 147 Å². The molecule has 1 atom stereocenters. The molecule has 0 fully saturated rings. The molecule has 0 aliphatic rings. The number of carboxylic acids is 1. The van der Waals surface area contributed by atoms with Gasteiger partial charge in [-0.25, -0.2) is 14.3 Å². The van der Waals surface area contributed by atoms with Gasteiger partial charge in [-0.3, -0.25) is 9.78 Å². The van der Waals surface area contributed by atoms with Gasteiger partial charge in [-0.15, -0.1) is 0 Å². The quantitative estimate of drug-likeness (QED) is 0.482. The van der Waals surface area contributed by atoms with Gasteiger partial charge in [0.15, 0.2) is 15.1 Å². The molecule has 1 aromatic carbocycles. The molecule has 1 unspecified atom stereocenters. The van der Waals surface area contributed by atoms with E-state index < -0.39 is 21.1 Å². The number of hydrogen-bond acceptors (Lipinski definition) is 6. The first-order valence-electron chi connectivity index (χ1n) is 8.04. The van der Waals surface area contributed by atoms with Crippen LogP contribution in [0.4, 0.5) is 0 Å². The fourth-order valence-electron chi connectivity index (χ4n) is 2.63. The Morgan fingerprint density at radius 2 is 1.84 bits per heavy atom. The lowest BCUT2D eigenvalue weighted by Crippen LogP contribution is -2.30. The van der Waals surface area contributed by atoms with Crippen LogP contribution in [0.5, 0.6) is 0 Å². The summed E-state index contributed by atoms with van der Waals surface area (Å²) in [6, 6.07) is 8.30. The van der Waals surface area contributed by atoms with Crippen LogP contribution in [0, 0.1) is 0 Å². The summed E-state index contributed by atoms with van der Waals surface area (Å²) in [4.78, 5) is 15.6. The van der Waals surface area contributed by atoms with Gasteiger partial charge in [0, 0.05) is 11.6 Å². The van der Waals surface area contributed by atoms with Crippen LogP contribution in [0.3, 0.4) is 0 Å². The molecule has 0 saturated carbocycles. The van der Waals surface area contributed by atoms with Crippen molar-refractivity contribution in [1.29, 1.82) is 0 Å². The standard InChI is InChI=1S/C17H21NO4S.H3NO/c1-2-3-4-5-10-15(17(19)20)23(21,22)14-11-6-8-13-9-7-12-18-16(13)14;1-2/h6-9,11-12,15H,2-5,10H2,1H3,(H,19,20);2H,1H2. The molecule has 8 heteroatoms. The average Bonchev–Trinajstić information content (AvgIpc) is 2.62. The number of carbonyl (C=O) groups is 1. The molecule has 1 heterocycles. The van der Waals surface area contributed by atoms with Gasteiger partial charge in [-0.05, 0) is 18.6 Å². The highest BCUT2D eigenvalue weighted by Gasteiger charge is 2.34. The molecule has 2 rings (SSSR count). The number of aromatic nitrogens is 1. The van der Waals surface area contributed by atoms with Gasteiger partial charge in [0.2, 0.25) is 0 Å². The number of hydrogen-bond donors (Lipinski definition) is 3. The molecule has 0 aliphatic heterocycles. The molecule has 7 nitrogen and oxygen atoms in total. The minimum Gasteiger partial charge on any atom is -0.480 e. The lowest BCUT2D eigenvalue weighted by Gasteiger charge is -2.14. The fourth-order valence-corrected chi connectivity index (χ4v) is 4.38. The summed E-state index contributed by atoms with van der Waals surface area (Å²) >= 11 is 0. The highest BCUT2D eigenvalue weighted by atomic mass is 32.2. The van der Waals surface area contributed by atoms with Crippen LogP contribution in [-0.4, -0.2) is 34.9 Å². The summed E-state index contributed by atoms with van der Waals surface area (Å²) in [5.74, 6) is 2.20. The number of pyridine rings is 1. The predicted molar refractivity (Wildman–Crippen MR) is 95.1 cm³/mol. The monoisotopic (exact) mass is 368 g/mol. The van der Waals surface area contributed by atoms with Gasteiger partial charge in [0.05, 0.1) is 10.4 Å². The maximum absolute atomic E-state index is 12.8. The third-order valence-electron chi connectivity index (χ3n) is 3.87. The first kappa shape index (κ1) is 21.0. The zero-order chi connectivity index (χ0) is 18.9. The molecule has 0 spiro atoms. The Balaban J connectivity index is 0.00000151. The molecule has 0 bridgehead atoms. The van der Waals surface area contributed by atoms with Crippen molar-refractivity contribution < 1.29 is 23.5 Å². The van der Waals surface area contributed by atoms with Crippen molar-refractivity contribution in [2.45, 2.75) is 49.2 Å². The van der Waals surface area contributed by atoms with Crippen molar-refractivity contribution in [2.75, 3.05) is 0 Å². The minimum absolute atomic E-state index is 0.00140. The Morgan fingerprint density at radius 3 is 2.48 bits per heavy atom. The Kier molecular flexibility index (Phi) is 8.47. The van der Waals surface area contributed by atoms with E-state index in [1.807, 2.05) is 6.92 Å². The van der Waals surface area contributed by atoms with Crippen molar-refractivity contribution in [3.63, 3.8) is 0 Å². The average molecular weight is 368 g/mol. The van der Waals surface area contributed by atoms with Crippen molar-refractivity contribution in [1.82, 2.24) is 4.98 Å². The molecule has 25 heavy (non-hydrogen) atoms. The van der Waals surface area contributed by atoms with Crippen LogP contribution in [0.15, 0.2) is 41.4 Å². The zero-order valence-electron chi connectivity index (χ0n) is 14.1. The van der Waals surface area contributed by atoms with E-state index in [-0.39, 0.29) is 11.3 Å². The second-order valence-corrected chi connectivity index (χ2v) is 7.65. The third-order valence-corrected chi connectivity index (χ3v) is 6.00. The molecular formula is C17H24N2O5S. The molecule has 2 aromatic rings. The van der Waals surface area contributed by atoms with Crippen LogP contribution < -0.4 is 5.90 Å². The van der Waals surface area contributed by atoms with Gasteiger partial charge in [-0.2, -0.15) is 0 Å². The highest BCUT2D eigenvalue weighted by molar-refractivity contribution is 7.93. The Bertz CT molecular complexity index is 787. The van der Waals surface area contributed by atoms with Gasteiger partial charge >= 0.3 is 5.97 Å². The van der Waals surface area contributed by atoms with Gasteiger partial charge < -0.3 is 10.3 Å². The van der Waals surface area contributed by atoms with Gasteiger partial charge in [0.25, 0.3) is 0 Å². The van der Waals surface area contributed by atoms with Crippen LogP contribution in [0.25, 0.3) is 10.9 Å². The number of sulfone groups is 1. The topological polar surface area (TPSA) is 131 Å². The molecule has 138 valence electrons. The number of fused-ring (bicyclic) bond motifs is 1. The molecule has 0 aliphatic carbocycles. The lowest BCUT2D eigenvalue weighted by molar-refractivity contribution is -0.136. The number of nitrogens with zero attached hydrogens (tertiary/aromatic N) is 1. The third kappa shape index (κ3) is 5.22. The Morgan fingerprint density at radius 1 is 1.16 bits per heavy atom. The SMILES string of the molecule is CCCCCCC(C(=O)O)S(=O)(=O)c1cccc2cccnc12.NO. The van der Waals surface area contributed by atoms with E-state index in [1.165, 1.54) is 12.3 Å². The minimum atomic E-state index is -3.98. The maximum atomic E-state index is 12.8. The summed E-state index contributed by atoms with van der Waals surface area (Å²) in [7, 11) is -3.98. The summed E-state index contributed by atoms with van der Waals surface area (Å²) < 4.78 is 25.7. The number of carboxylic acid groups (broad SMARTS) is 1. The first-order chi connectivity index (χ1) is 12.0. The smallest absolute Gasteiger partial charge is 0.322 e. The molecule has 1 aromatic heterocycles. The van der Waals surface area contributed by atoms with E-state index >= 15 is 0 Å². The van der Waals surface area contributed by atoms with E-state index in [1.54, 1.807) is 24.3 Å². The second kappa shape index (κ2) is 10.1. The first-order valence-corrected chi connectivity index (χ1v) is 9.59. The summed E-state index contributed by atoms with van der Waals surface area (Å²) in [5, 5.41) is 15.2. The van der Waals surface area contributed by atoms with Crippen LogP contribution in [0.2, 0.25) is 0 Å². The van der Waals surface area contributed by atoms with Crippen LogP contribution in [0.1, 0.15) is 39.0 Å². The largest absolute Gasteiger partial charge is 0.480 e. The number of para-hydroxylation sites is 1. The van der Waals surface area contributed by atoms with Gasteiger partial charge in [-0.1, -0.05) is 50.8 Å². The lowest BCUT2D eigenvalue weighted by atomic mass is 10.1. The van der Waals surface area contributed by atoms with Crippen molar-refractivity contribution >= 4 is 26.7 Å². The van der Waals surface area contributed by atoms with E-state index in [0.29, 0.717) is 17.3 Å². The summed E-state index contributed by atoms with van der Waals surface area (Å²) in [6.07, 6.45) is 5.05. The van der Waals surface area contributed by atoms with Crippen molar-refractivity contribution in [3.8, 4) is 0 Å². The van der Waals surface area contributed by atoms with E-state index in [4.69, 9.17) is 5.21 Å². The maximum Gasteiger partial charge on any atom is 0.322 e. The van der Waals surface area contributed by atoms with Crippen LogP contribution >= 0.6 is 0 Å². The van der Waals surface area contributed by atoms with Gasteiger partial charge in [0.1, 0.15) is 0 Å². The number of aliphatic carboxylic acids is 1. The molecular weight excluding hydrogens is 344 g/mol. The summed E-state index contributed by atoms with van der Waals surface area (Å²) in [6.45, 7) is 2.05. The van der Waals surface area contributed by atoms with Crippen LogP contribution in [-0.2, 0) is 14.6 Å². The number of nitrogens with two attached hydrogens (primary N) is 1. The molecule has 0 radical (unpaired) electrons. The van der Waals surface area contributed by atoms with E-state index in [0.717, 1.165) is 19.3 Å². The zero-order valence-corrected chi connectivity index (χ0v) is 14.9. The van der Waals surface area contributed by atoms with Crippen molar-refractivity contribution in [3.05, 3.63) is 36.5 Å². The fraction of sp³-hybridized carbons (Fsp3) is 0.412. The predicted octanol–water partition coefficient (Wildman–Crippen LogP) is 2.77. The number of unbranched alkanes of at least 4 members (excludes halogenated alkanes) is 3. The Hall–Kier alpha value is -2.03. The van der Waals surface area contributed by atoms with E-state index in [2.05, 4.69) is 10.9 Å².